The normalized spacial score (nSPS) is 16.9. The van der Waals surface area contributed by atoms with Crippen LogP contribution in [0.4, 0.5) is 0 Å². The third kappa shape index (κ3) is 3.31. The molecule has 0 spiro atoms. The van der Waals surface area contributed by atoms with Crippen LogP contribution in [0.25, 0.3) is 16.1 Å². The van der Waals surface area contributed by atoms with E-state index in [0.29, 0.717) is 0 Å². The molecule has 1 fully saturated rings. The van der Waals surface area contributed by atoms with E-state index in [1.165, 1.54) is 5.56 Å². The molecule has 2 aliphatic rings. The maximum absolute atomic E-state index is 12.5. The van der Waals surface area contributed by atoms with Crippen LogP contribution in [0.5, 0.6) is 0 Å². The third-order valence-electron chi connectivity index (χ3n) is 4.95. The Hall–Kier alpha value is -2.20. The summed E-state index contributed by atoms with van der Waals surface area (Å²) in [6.45, 7) is 3.97. The fourth-order valence-electron chi connectivity index (χ4n) is 3.40. The molecule has 1 amide bonds. The van der Waals surface area contributed by atoms with Crippen molar-refractivity contribution in [2.45, 2.75) is 32.6 Å². The quantitative estimate of drug-likeness (QED) is 0.800. The molecule has 0 saturated carbocycles. The van der Waals surface area contributed by atoms with Crippen LogP contribution in [0.1, 0.15) is 37.4 Å². The minimum Gasteiger partial charge on any atom is -0.339 e. The Balaban J connectivity index is 1.51. The van der Waals surface area contributed by atoms with E-state index in [0.717, 1.165) is 66.2 Å². The zero-order chi connectivity index (χ0) is 17.2. The van der Waals surface area contributed by atoms with Crippen molar-refractivity contribution < 1.29 is 4.79 Å². The topological polar surface area (TPSA) is 33.2 Å². The van der Waals surface area contributed by atoms with Crippen LogP contribution >= 0.6 is 11.3 Å². The number of amides is 1. The average Bonchev–Trinajstić information content (AvgIpc) is 3.42. The molecule has 1 aliphatic heterocycles. The highest BCUT2D eigenvalue weighted by atomic mass is 32.1. The first-order valence-electron chi connectivity index (χ1n) is 9.00. The molecule has 1 aliphatic carbocycles. The highest BCUT2D eigenvalue weighted by Gasteiger charge is 2.24. The highest BCUT2D eigenvalue weighted by molar-refractivity contribution is 7.13. The maximum Gasteiger partial charge on any atom is 0.250 e. The number of aromatic nitrogens is 1. The molecule has 1 aromatic heterocycles. The van der Waals surface area contributed by atoms with Gasteiger partial charge in [-0.15, -0.1) is 11.3 Å². The van der Waals surface area contributed by atoms with E-state index in [1.807, 2.05) is 11.0 Å². The molecule has 0 radical (unpaired) electrons. The SMILES string of the molecule is CCc1ccc(-c2nc(C3=CCC(C(=O)N4CCCC4)=C3)cs2)cc1. The van der Waals surface area contributed by atoms with Crippen molar-refractivity contribution in [1.29, 1.82) is 0 Å². The molecule has 3 nitrogen and oxygen atoms in total. The molecule has 0 bridgehead atoms. The third-order valence-corrected chi connectivity index (χ3v) is 5.84. The molecule has 0 N–H and O–H groups in total. The Labute approximate surface area is 152 Å². The summed E-state index contributed by atoms with van der Waals surface area (Å²) in [5.74, 6) is 0.203. The summed E-state index contributed by atoms with van der Waals surface area (Å²) in [6.07, 6.45) is 8.19. The molecular weight excluding hydrogens is 328 g/mol. The zero-order valence-corrected chi connectivity index (χ0v) is 15.3. The smallest absolute Gasteiger partial charge is 0.250 e. The molecule has 4 rings (SSSR count). The molecule has 128 valence electrons. The molecular formula is C21H22N2OS. The fourth-order valence-corrected chi connectivity index (χ4v) is 4.23. The number of nitrogens with zero attached hydrogens (tertiary/aromatic N) is 2. The second-order valence-electron chi connectivity index (χ2n) is 6.62. The number of aryl methyl sites for hydroxylation is 1. The van der Waals surface area contributed by atoms with Gasteiger partial charge in [0.2, 0.25) is 5.91 Å². The molecule has 1 aromatic carbocycles. The van der Waals surface area contributed by atoms with E-state index >= 15 is 0 Å². The van der Waals surface area contributed by atoms with Gasteiger partial charge in [-0.25, -0.2) is 4.98 Å². The van der Waals surface area contributed by atoms with Crippen LogP contribution in [0.15, 0.2) is 47.4 Å². The lowest BCUT2D eigenvalue weighted by Crippen LogP contribution is -2.28. The predicted molar refractivity (Wildman–Crippen MR) is 103 cm³/mol. The van der Waals surface area contributed by atoms with Crippen LogP contribution in [-0.2, 0) is 11.2 Å². The Bertz CT molecular complexity index is 839. The van der Waals surface area contributed by atoms with Crippen molar-refractivity contribution in [3.63, 3.8) is 0 Å². The molecule has 2 aromatic rings. The van der Waals surface area contributed by atoms with Gasteiger partial charge in [0.1, 0.15) is 5.01 Å². The largest absolute Gasteiger partial charge is 0.339 e. The van der Waals surface area contributed by atoms with E-state index < -0.39 is 0 Å². The number of thiazole rings is 1. The van der Waals surface area contributed by atoms with E-state index in [-0.39, 0.29) is 5.91 Å². The standard InChI is InChI=1S/C21H22N2OS/c1-2-15-5-7-16(8-6-15)20-22-19(14-25-20)17-9-10-18(13-17)21(24)23-11-3-4-12-23/h5-9,13-14H,2-4,10-12H2,1H3. The molecule has 0 atom stereocenters. The summed E-state index contributed by atoms with van der Waals surface area (Å²) in [7, 11) is 0. The van der Waals surface area contributed by atoms with Crippen LogP contribution in [-0.4, -0.2) is 28.9 Å². The minimum absolute atomic E-state index is 0.203. The average molecular weight is 350 g/mol. The van der Waals surface area contributed by atoms with Crippen molar-refractivity contribution in [1.82, 2.24) is 9.88 Å². The van der Waals surface area contributed by atoms with Crippen molar-refractivity contribution in [3.05, 3.63) is 58.6 Å². The monoisotopic (exact) mass is 350 g/mol. The number of allylic oxidation sites excluding steroid dienone is 3. The van der Waals surface area contributed by atoms with Crippen molar-refractivity contribution in [3.8, 4) is 10.6 Å². The Kier molecular flexibility index (Phi) is 4.53. The molecule has 4 heteroatoms. The van der Waals surface area contributed by atoms with E-state index in [2.05, 4.69) is 42.6 Å². The van der Waals surface area contributed by atoms with E-state index in [4.69, 9.17) is 4.98 Å². The Morgan fingerprint density at radius 2 is 1.96 bits per heavy atom. The fraction of sp³-hybridized carbons (Fsp3) is 0.333. The lowest BCUT2D eigenvalue weighted by molar-refractivity contribution is -0.126. The minimum atomic E-state index is 0.203. The van der Waals surface area contributed by atoms with Gasteiger partial charge in [0.25, 0.3) is 0 Å². The number of hydrogen-bond acceptors (Lipinski definition) is 3. The number of likely N-dealkylation sites (tertiary alicyclic amines) is 1. The van der Waals surface area contributed by atoms with Gasteiger partial charge < -0.3 is 4.90 Å². The van der Waals surface area contributed by atoms with Gasteiger partial charge in [0.05, 0.1) is 5.69 Å². The maximum atomic E-state index is 12.5. The van der Waals surface area contributed by atoms with Crippen molar-refractivity contribution in [2.24, 2.45) is 0 Å². The summed E-state index contributed by atoms with van der Waals surface area (Å²) < 4.78 is 0. The number of benzene rings is 1. The first-order valence-corrected chi connectivity index (χ1v) is 9.88. The van der Waals surface area contributed by atoms with Gasteiger partial charge in [-0.05, 0) is 42.9 Å². The Morgan fingerprint density at radius 3 is 2.68 bits per heavy atom. The van der Waals surface area contributed by atoms with Crippen LogP contribution in [0.2, 0.25) is 0 Å². The first-order chi connectivity index (χ1) is 12.2. The molecule has 0 unspecified atom stereocenters. The Morgan fingerprint density at radius 1 is 1.20 bits per heavy atom. The summed E-state index contributed by atoms with van der Waals surface area (Å²) in [4.78, 5) is 19.3. The summed E-state index contributed by atoms with van der Waals surface area (Å²) in [5.41, 5.74) is 5.45. The van der Waals surface area contributed by atoms with Gasteiger partial charge >= 0.3 is 0 Å². The molecule has 25 heavy (non-hydrogen) atoms. The summed E-state index contributed by atoms with van der Waals surface area (Å²) in [6, 6.07) is 8.61. The number of rotatable bonds is 4. The van der Waals surface area contributed by atoms with Crippen molar-refractivity contribution in [2.75, 3.05) is 13.1 Å². The van der Waals surface area contributed by atoms with Crippen molar-refractivity contribution >= 4 is 22.8 Å². The molecule has 1 saturated heterocycles. The van der Waals surface area contributed by atoms with E-state index in [1.54, 1.807) is 11.3 Å². The first kappa shape index (κ1) is 16.3. The van der Waals surface area contributed by atoms with Gasteiger partial charge in [-0.3, -0.25) is 4.79 Å². The number of carbonyl (C=O) groups is 1. The second kappa shape index (κ2) is 6.96. The van der Waals surface area contributed by atoms with Crippen LogP contribution < -0.4 is 0 Å². The summed E-state index contributed by atoms with van der Waals surface area (Å²) in [5, 5.41) is 3.13. The van der Waals surface area contributed by atoms with Gasteiger partial charge in [-0.2, -0.15) is 0 Å². The van der Waals surface area contributed by atoms with Crippen LogP contribution in [0.3, 0.4) is 0 Å². The van der Waals surface area contributed by atoms with Gasteiger partial charge in [0.15, 0.2) is 0 Å². The van der Waals surface area contributed by atoms with Crippen LogP contribution in [0, 0.1) is 0 Å². The van der Waals surface area contributed by atoms with Gasteiger partial charge in [-0.1, -0.05) is 37.3 Å². The second-order valence-corrected chi connectivity index (χ2v) is 7.48. The predicted octanol–water partition coefficient (Wildman–Crippen LogP) is 4.71. The highest BCUT2D eigenvalue weighted by Crippen LogP contribution is 2.32. The van der Waals surface area contributed by atoms with Gasteiger partial charge in [0, 0.05) is 29.6 Å². The molecule has 2 heterocycles. The lowest BCUT2D eigenvalue weighted by Gasteiger charge is -2.15. The lowest BCUT2D eigenvalue weighted by atomic mass is 10.1. The van der Waals surface area contributed by atoms with E-state index in [9.17, 15) is 4.79 Å². The number of carbonyl (C=O) groups excluding carboxylic acids is 1. The zero-order valence-electron chi connectivity index (χ0n) is 14.5. The summed E-state index contributed by atoms with van der Waals surface area (Å²) >= 11 is 1.66. The number of hydrogen-bond donors (Lipinski definition) is 0.